The van der Waals surface area contributed by atoms with Crippen LogP contribution in [0.5, 0.6) is 6.01 Å². The van der Waals surface area contributed by atoms with Crippen molar-refractivity contribution in [2.45, 2.75) is 18.6 Å². The van der Waals surface area contributed by atoms with Gasteiger partial charge in [-0.25, -0.2) is 19.2 Å². The van der Waals surface area contributed by atoms with Crippen molar-refractivity contribution in [3.63, 3.8) is 0 Å². The first-order valence-electron chi connectivity index (χ1n) is 9.48. The summed E-state index contributed by atoms with van der Waals surface area (Å²) < 4.78 is 18.6. The SMILES string of the molecule is O=C(NC(c1ccccc1)c1ccccc1)N1CCC(Oc2ncc(F)cn2)C1. The van der Waals surface area contributed by atoms with E-state index >= 15 is 0 Å². The number of halogens is 1. The van der Waals surface area contributed by atoms with E-state index in [9.17, 15) is 9.18 Å². The predicted molar refractivity (Wildman–Crippen MR) is 106 cm³/mol. The molecule has 1 N–H and O–H groups in total. The molecule has 148 valence electrons. The lowest BCUT2D eigenvalue weighted by molar-refractivity contribution is 0.177. The molecule has 2 aromatic carbocycles. The maximum absolute atomic E-state index is 12.9. The molecule has 1 aliphatic heterocycles. The highest BCUT2D eigenvalue weighted by atomic mass is 19.1. The summed E-state index contributed by atoms with van der Waals surface area (Å²) in [6.45, 7) is 0.983. The minimum Gasteiger partial charge on any atom is -0.458 e. The summed E-state index contributed by atoms with van der Waals surface area (Å²) in [4.78, 5) is 22.3. The van der Waals surface area contributed by atoms with Crippen LogP contribution in [0, 0.1) is 5.82 Å². The molecule has 4 rings (SSSR count). The number of rotatable bonds is 5. The number of aromatic nitrogens is 2. The zero-order valence-corrected chi connectivity index (χ0v) is 15.7. The van der Waals surface area contributed by atoms with Gasteiger partial charge in [-0.2, -0.15) is 0 Å². The molecular weight excluding hydrogens is 371 g/mol. The Balaban J connectivity index is 1.42. The zero-order valence-electron chi connectivity index (χ0n) is 15.7. The highest BCUT2D eigenvalue weighted by Gasteiger charge is 2.30. The number of ether oxygens (including phenoxy) is 1. The first kappa shape index (κ1) is 18.9. The summed E-state index contributed by atoms with van der Waals surface area (Å²) in [5.41, 5.74) is 2.03. The summed E-state index contributed by atoms with van der Waals surface area (Å²) in [6.07, 6.45) is 2.56. The molecule has 7 heteroatoms. The van der Waals surface area contributed by atoms with E-state index < -0.39 is 5.82 Å². The molecule has 1 fully saturated rings. The van der Waals surface area contributed by atoms with E-state index in [-0.39, 0.29) is 24.2 Å². The Morgan fingerprint density at radius 3 is 2.21 bits per heavy atom. The van der Waals surface area contributed by atoms with Crippen molar-refractivity contribution in [1.82, 2.24) is 20.2 Å². The summed E-state index contributed by atoms with van der Waals surface area (Å²) >= 11 is 0. The number of carbonyl (C=O) groups is 1. The number of hydrogen-bond donors (Lipinski definition) is 1. The van der Waals surface area contributed by atoms with Crippen LogP contribution in [-0.4, -0.2) is 40.1 Å². The Morgan fingerprint density at radius 1 is 1.03 bits per heavy atom. The third-order valence-corrected chi connectivity index (χ3v) is 4.83. The Bertz CT molecular complexity index is 899. The van der Waals surface area contributed by atoms with E-state index in [1.165, 1.54) is 0 Å². The number of likely N-dealkylation sites (tertiary alicyclic amines) is 1. The van der Waals surface area contributed by atoms with E-state index in [0.717, 1.165) is 23.5 Å². The molecule has 1 atom stereocenters. The molecule has 0 saturated carbocycles. The average molecular weight is 392 g/mol. The second-order valence-electron chi connectivity index (χ2n) is 6.86. The van der Waals surface area contributed by atoms with Gasteiger partial charge in [-0.15, -0.1) is 0 Å². The van der Waals surface area contributed by atoms with Gasteiger partial charge in [-0.3, -0.25) is 0 Å². The quantitative estimate of drug-likeness (QED) is 0.721. The minimum absolute atomic E-state index is 0.116. The van der Waals surface area contributed by atoms with Gasteiger partial charge in [0.05, 0.1) is 25.0 Å². The molecule has 3 aromatic rings. The number of nitrogens with one attached hydrogen (secondary N) is 1. The highest BCUT2D eigenvalue weighted by molar-refractivity contribution is 5.75. The predicted octanol–water partition coefficient (Wildman–Crippen LogP) is 3.57. The molecule has 1 saturated heterocycles. The lowest BCUT2D eigenvalue weighted by Gasteiger charge is -2.24. The largest absolute Gasteiger partial charge is 0.458 e. The van der Waals surface area contributed by atoms with Crippen molar-refractivity contribution < 1.29 is 13.9 Å². The topological polar surface area (TPSA) is 67.4 Å². The Morgan fingerprint density at radius 2 is 1.62 bits per heavy atom. The highest BCUT2D eigenvalue weighted by Crippen LogP contribution is 2.23. The molecular formula is C22H21FN4O2. The lowest BCUT2D eigenvalue weighted by atomic mass is 9.99. The standard InChI is InChI=1S/C22H21FN4O2/c23-18-13-24-21(25-14-18)29-19-11-12-27(15-19)22(28)26-20(16-7-3-1-4-8-16)17-9-5-2-6-10-17/h1-10,13-14,19-20H,11-12,15H2,(H,26,28). The van der Waals surface area contributed by atoms with Crippen LogP contribution in [0.25, 0.3) is 0 Å². The van der Waals surface area contributed by atoms with Crippen molar-refractivity contribution in [2.24, 2.45) is 0 Å². The third kappa shape index (κ3) is 4.68. The molecule has 1 unspecified atom stereocenters. The van der Waals surface area contributed by atoms with Gasteiger partial charge in [-0.1, -0.05) is 60.7 Å². The van der Waals surface area contributed by atoms with Crippen LogP contribution in [-0.2, 0) is 0 Å². The van der Waals surface area contributed by atoms with Crippen molar-refractivity contribution >= 4 is 6.03 Å². The fourth-order valence-electron chi connectivity index (χ4n) is 3.38. The maximum atomic E-state index is 12.9. The molecule has 0 aliphatic carbocycles. The summed E-state index contributed by atoms with van der Waals surface area (Å²) in [5, 5.41) is 3.13. The molecule has 0 bridgehead atoms. The zero-order chi connectivity index (χ0) is 20.1. The second kappa shape index (κ2) is 8.68. The molecule has 29 heavy (non-hydrogen) atoms. The van der Waals surface area contributed by atoms with Crippen LogP contribution in [0.15, 0.2) is 73.1 Å². The van der Waals surface area contributed by atoms with Crippen molar-refractivity contribution in [3.05, 3.63) is 90.0 Å². The summed E-state index contributed by atoms with van der Waals surface area (Å²) in [5.74, 6) is -0.516. The fourth-order valence-corrected chi connectivity index (χ4v) is 3.38. The smallest absolute Gasteiger partial charge is 0.318 e. The van der Waals surface area contributed by atoms with Gasteiger partial charge in [0.15, 0.2) is 5.82 Å². The van der Waals surface area contributed by atoms with Crippen molar-refractivity contribution in [3.8, 4) is 6.01 Å². The van der Waals surface area contributed by atoms with Gasteiger partial charge < -0.3 is 15.0 Å². The lowest BCUT2D eigenvalue weighted by Crippen LogP contribution is -2.41. The Hall–Kier alpha value is -3.48. The monoisotopic (exact) mass is 392 g/mol. The van der Waals surface area contributed by atoms with Crippen LogP contribution in [0.4, 0.5) is 9.18 Å². The molecule has 6 nitrogen and oxygen atoms in total. The number of nitrogens with zero attached hydrogens (tertiary/aromatic N) is 3. The first-order valence-corrected chi connectivity index (χ1v) is 9.48. The van der Waals surface area contributed by atoms with Gasteiger partial charge in [0, 0.05) is 13.0 Å². The third-order valence-electron chi connectivity index (χ3n) is 4.83. The molecule has 2 heterocycles. The van der Waals surface area contributed by atoms with Gasteiger partial charge in [0.2, 0.25) is 0 Å². The molecule has 1 aromatic heterocycles. The van der Waals surface area contributed by atoms with Gasteiger partial charge in [-0.05, 0) is 11.1 Å². The number of benzene rings is 2. The van der Waals surface area contributed by atoms with E-state index in [1.807, 2.05) is 60.7 Å². The van der Waals surface area contributed by atoms with Crippen molar-refractivity contribution in [2.75, 3.05) is 13.1 Å². The average Bonchev–Trinajstić information content (AvgIpc) is 3.23. The number of urea groups is 1. The first-order chi connectivity index (χ1) is 14.2. The normalized spacial score (nSPS) is 16.1. The van der Waals surface area contributed by atoms with Crippen molar-refractivity contribution in [1.29, 1.82) is 0 Å². The number of carbonyl (C=O) groups excluding carboxylic acids is 1. The Kier molecular flexibility index (Phi) is 5.65. The van der Waals surface area contributed by atoms with E-state index in [2.05, 4.69) is 15.3 Å². The van der Waals surface area contributed by atoms with Gasteiger partial charge >= 0.3 is 12.0 Å². The molecule has 0 spiro atoms. The fraction of sp³-hybridized carbons (Fsp3) is 0.227. The van der Waals surface area contributed by atoms with Crippen LogP contribution in [0.1, 0.15) is 23.6 Å². The van der Waals surface area contributed by atoms with Crippen LogP contribution < -0.4 is 10.1 Å². The van der Waals surface area contributed by atoms with E-state index in [0.29, 0.717) is 19.5 Å². The maximum Gasteiger partial charge on any atom is 0.318 e. The summed E-state index contributed by atoms with van der Waals surface area (Å²) in [7, 11) is 0. The van der Waals surface area contributed by atoms with E-state index in [4.69, 9.17) is 4.74 Å². The van der Waals surface area contributed by atoms with Gasteiger partial charge in [0.1, 0.15) is 6.10 Å². The van der Waals surface area contributed by atoms with Crippen LogP contribution in [0.2, 0.25) is 0 Å². The molecule has 1 aliphatic rings. The number of hydrogen-bond acceptors (Lipinski definition) is 4. The number of amides is 2. The second-order valence-corrected chi connectivity index (χ2v) is 6.86. The van der Waals surface area contributed by atoms with Gasteiger partial charge in [0.25, 0.3) is 0 Å². The van der Waals surface area contributed by atoms with Crippen LogP contribution in [0.3, 0.4) is 0 Å². The Labute approximate surface area is 168 Å². The summed E-state index contributed by atoms with van der Waals surface area (Å²) in [6, 6.07) is 19.4. The minimum atomic E-state index is -0.516. The van der Waals surface area contributed by atoms with Crippen LogP contribution >= 0.6 is 0 Å². The molecule has 0 radical (unpaired) electrons. The molecule has 2 amide bonds. The van der Waals surface area contributed by atoms with E-state index in [1.54, 1.807) is 4.90 Å².